The first-order chi connectivity index (χ1) is 12.1. The molecule has 7 heteroatoms. The van der Waals surface area contributed by atoms with Gasteiger partial charge in [0, 0.05) is 42.0 Å². The summed E-state index contributed by atoms with van der Waals surface area (Å²) in [6, 6.07) is 9.45. The monoisotopic (exact) mass is 398 g/mol. The van der Waals surface area contributed by atoms with E-state index in [-0.39, 0.29) is 5.56 Å². The van der Waals surface area contributed by atoms with Crippen LogP contribution < -0.4 is 10.3 Å². The lowest BCUT2D eigenvalue weighted by Crippen LogP contribution is -2.19. The van der Waals surface area contributed by atoms with Gasteiger partial charge in [0.05, 0.1) is 17.6 Å². The Morgan fingerprint density at radius 2 is 2.00 bits per heavy atom. The van der Waals surface area contributed by atoms with Crippen molar-refractivity contribution in [2.75, 3.05) is 6.61 Å². The van der Waals surface area contributed by atoms with E-state index >= 15 is 0 Å². The number of nitrogens with zero attached hydrogens (tertiary/aromatic N) is 4. The molecular formula is C18H15BrN4O2. The van der Waals surface area contributed by atoms with Gasteiger partial charge in [-0.3, -0.25) is 14.0 Å². The summed E-state index contributed by atoms with van der Waals surface area (Å²) in [5, 5.41) is 6.19. The van der Waals surface area contributed by atoms with Gasteiger partial charge in [-0.05, 0) is 47.1 Å². The maximum Gasteiger partial charge on any atom is 0.271 e. The Hall–Kier alpha value is -2.67. The minimum Gasteiger partial charge on any atom is -0.478 e. The molecule has 0 spiro atoms. The number of hydrogen-bond donors (Lipinski definition) is 0. The number of hydrogen-bond acceptors (Lipinski definition) is 4. The molecule has 3 aromatic heterocycles. The molecule has 126 valence electrons. The molecule has 0 amide bonds. The van der Waals surface area contributed by atoms with Gasteiger partial charge in [0.1, 0.15) is 4.47 Å². The Morgan fingerprint density at radius 1 is 1.16 bits per heavy atom. The number of benzene rings is 1. The number of halogens is 1. The van der Waals surface area contributed by atoms with Gasteiger partial charge < -0.3 is 4.74 Å². The van der Waals surface area contributed by atoms with Crippen molar-refractivity contribution < 1.29 is 4.74 Å². The zero-order valence-corrected chi connectivity index (χ0v) is 15.3. The zero-order chi connectivity index (χ0) is 17.6. The number of ether oxygens (including phenoxy) is 1. The maximum absolute atomic E-state index is 12.8. The number of aryl methyl sites for hydroxylation is 1. The highest BCUT2D eigenvalue weighted by molar-refractivity contribution is 9.10. The molecule has 6 nitrogen and oxygen atoms in total. The molecule has 0 saturated carbocycles. The summed E-state index contributed by atoms with van der Waals surface area (Å²) in [6.07, 6.45) is 3.72. The van der Waals surface area contributed by atoms with E-state index in [1.165, 1.54) is 0 Å². The van der Waals surface area contributed by atoms with Gasteiger partial charge in [-0.1, -0.05) is 0 Å². The largest absolute Gasteiger partial charge is 0.478 e. The highest BCUT2D eigenvalue weighted by atomic mass is 79.9. The Kier molecular flexibility index (Phi) is 3.80. The summed E-state index contributed by atoms with van der Waals surface area (Å²) in [5.41, 5.74) is 2.09. The second-order valence-electron chi connectivity index (χ2n) is 5.68. The average Bonchev–Trinajstić information content (AvgIpc) is 2.98. The predicted molar refractivity (Wildman–Crippen MR) is 100 cm³/mol. The molecule has 0 fully saturated rings. The second kappa shape index (κ2) is 6.00. The Balaban J connectivity index is 1.92. The lowest BCUT2D eigenvalue weighted by atomic mass is 10.2. The predicted octanol–water partition coefficient (Wildman–Crippen LogP) is 3.43. The fraction of sp³-hybridized carbons (Fsp3) is 0.167. The Morgan fingerprint density at radius 3 is 2.80 bits per heavy atom. The molecule has 0 radical (unpaired) electrons. The van der Waals surface area contributed by atoms with Crippen LogP contribution in [0.4, 0.5) is 0 Å². The van der Waals surface area contributed by atoms with Crippen molar-refractivity contribution in [3.8, 4) is 11.6 Å². The Bertz CT molecular complexity index is 1160. The van der Waals surface area contributed by atoms with E-state index in [1.807, 2.05) is 44.4 Å². The van der Waals surface area contributed by atoms with Gasteiger partial charge in [0.2, 0.25) is 5.88 Å². The number of fused-ring (bicyclic) bond motifs is 2. The van der Waals surface area contributed by atoms with Crippen LogP contribution in [0, 0.1) is 0 Å². The minimum atomic E-state index is -0.170. The molecule has 0 aliphatic heterocycles. The molecule has 0 N–H and O–H groups in total. The van der Waals surface area contributed by atoms with E-state index in [0.717, 1.165) is 22.0 Å². The number of aromatic nitrogens is 4. The summed E-state index contributed by atoms with van der Waals surface area (Å²) >= 11 is 3.40. The summed E-state index contributed by atoms with van der Waals surface area (Å²) < 4.78 is 9.21. The number of rotatable bonds is 3. The third kappa shape index (κ3) is 2.70. The van der Waals surface area contributed by atoms with E-state index in [2.05, 4.69) is 26.0 Å². The van der Waals surface area contributed by atoms with Gasteiger partial charge in [-0.2, -0.15) is 5.10 Å². The van der Waals surface area contributed by atoms with Gasteiger partial charge in [0.25, 0.3) is 5.56 Å². The molecular weight excluding hydrogens is 384 g/mol. The molecule has 0 atom stereocenters. The van der Waals surface area contributed by atoms with Crippen molar-refractivity contribution in [3.05, 3.63) is 57.6 Å². The summed E-state index contributed by atoms with van der Waals surface area (Å²) in [6.45, 7) is 2.42. The molecule has 3 heterocycles. The maximum atomic E-state index is 12.8. The average molecular weight is 399 g/mol. The molecule has 4 rings (SSSR count). The minimum absolute atomic E-state index is 0.170. The van der Waals surface area contributed by atoms with Crippen LogP contribution in [-0.4, -0.2) is 25.9 Å². The summed E-state index contributed by atoms with van der Waals surface area (Å²) in [5.74, 6) is 0.504. The molecule has 0 aliphatic rings. The highest BCUT2D eigenvalue weighted by Gasteiger charge is 2.12. The van der Waals surface area contributed by atoms with Crippen LogP contribution in [0.2, 0.25) is 0 Å². The van der Waals surface area contributed by atoms with E-state index in [9.17, 15) is 4.79 Å². The van der Waals surface area contributed by atoms with Crippen LogP contribution in [0.3, 0.4) is 0 Å². The van der Waals surface area contributed by atoms with Crippen molar-refractivity contribution in [3.63, 3.8) is 0 Å². The lowest BCUT2D eigenvalue weighted by Gasteiger charge is -2.10. The number of pyridine rings is 2. The third-order valence-corrected chi connectivity index (χ3v) is 4.67. The van der Waals surface area contributed by atoms with E-state index in [1.54, 1.807) is 21.5 Å². The van der Waals surface area contributed by atoms with Crippen molar-refractivity contribution in [1.82, 2.24) is 19.3 Å². The van der Waals surface area contributed by atoms with E-state index in [4.69, 9.17) is 4.74 Å². The first-order valence-corrected chi connectivity index (χ1v) is 8.64. The fourth-order valence-electron chi connectivity index (χ4n) is 2.84. The SMILES string of the molecule is CCOc1ccc2cn(-c3ccc4nn(C)cc4c3)c(=O)c(Br)c2n1. The van der Waals surface area contributed by atoms with Gasteiger partial charge in [0.15, 0.2) is 0 Å². The van der Waals surface area contributed by atoms with E-state index < -0.39 is 0 Å². The van der Waals surface area contributed by atoms with Crippen LogP contribution in [0.1, 0.15) is 6.92 Å². The lowest BCUT2D eigenvalue weighted by molar-refractivity contribution is 0.328. The summed E-state index contributed by atoms with van der Waals surface area (Å²) in [7, 11) is 1.88. The van der Waals surface area contributed by atoms with Crippen molar-refractivity contribution in [2.45, 2.75) is 6.92 Å². The van der Waals surface area contributed by atoms with Crippen molar-refractivity contribution >= 4 is 37.7 Å². The molecule has 1 aromatic carbocycles. The van der Waals surface area contributed by atoms with Crippen molar-refractivity contribution in [2.24, 2.45) is 7.05 Å². The molecule has 0 aliphatic carbocycles. The third-order valence-electron chi connectivity index (χ3n) is 3.96. The van der Waals surface area contributed by atoms with Crippen LogP contribution in [-0.2, 0) is 7.05 Å². The molecule has 0 unspecified atom stereocenters. The van der Waals surface area contributed by atoms with Gasteiger partial charge in [-0.15, -0.1) is 0 Å². The highest BCUT2D eigenvalue weighted by Crippen LogP contribution is 2.24. The summed E-state index contributed by atoms with van der Waals surface area (Å²) in [4.78, 5) is 17.2. The van der Waals surface area contributed by atoms with Crippen LogP contribution in [0.15, 0.2) is 52.0 Å². The Labute approximate surface area is 151 Å². The van der Waals surface area contributed by atoms with Crippen molar-refractivity contribution in [1.29, 1.82) is 0 Å². The van der Waals surface area contributed by atoms with Crippen LogP contribution >= 0.6 is 15.9 Å². The molecule has 4 aromatic rings. The first kappa shape index (κ1) is 15.8. The molecule has 0 bridgehead atoms. The van der Waals surface area contributed by atoms with Crippen LogP contribution in [0.5, 0.6) is 5.88 Å². The standard InChI is InChI=1S/C18H15BrN4O2/c1-3-25-15-7-4-11-10-23(18(24)16(19)17(11)20-15)13-5-6-14-12(8-13)9-22(2)21-14/h4-10H,3H2,1-2H3. The fourth-order valence-corrected chi connectivity index (χ4v) is 3.35. The van der Waals surface area contributed by atoms with Gasteiger partial charge >= 0.3 is 0 Å². The van der Waals surface area contributed by atoms with Gasteiger partial charge in [-0.25, -0.2) is 4.98 Å². The van der Waals surface area contributed by atoms with E-state index in [0.29, 0.717) is 22.5 Å². The molecule has 0 saturated heterocycles. The van der Waals surface area contributed by atoms with Crippen LogP contribution in [0.25, 0.3) is 27.5 Å². The smallest absolute Gasteiger partial charge is 0.271 e. The molecule has 25 heavy (non-hydrogen) atoms. The topological polar surface area (TPSA) is 61.9 Å². The second-order valence-corrected chi connectivity index (χ2v) is 6.48. The quantitative estimate of drug-likeness (QED) is 0.530. The normalized spacial score (nSPS) is 11.3. The first-order valence-electron chi connectivity index (χ1n) is 7.85. The zero-order valence-electron chi connectivity index (χ0n) is 13.7.